The van der Waals surface area contributed by atoms with E-state index in [2.05, 4.69) is 4.74 Å². The van der Waals surface area contributed by atoms with Gasteiger partial charge in [0.05, 0.1) is 7.11 Å². The SMILES string of the molecule is COC(=O)C=Cc1cc(F)c(O)cc1F. The van der Waals surface area contributed by atoms with Crippen LogP contribution >= 0.6 is 0 Å². The summed E-state index contributed by atoms with van der Waals surface area (Å²) in [5, 5.41) is 8.82. The second-order valence-electron chi connectivity index (χ2n) is 2.68. The van der Waals surface area contributed by atoms with Crippen molar-refractivity contribution in [3.05, 3.63) is 35.4 Å². The number of halogens is 2. The number of phenolic OH excluding ortho intramolecular Hbond substituents is 1. The smallest absolute Gasteiger partial charge is 0.330 e. The van der Waals surface area contributed by atoms with E-state index in [1.165, 1.54) is 7.11 Å². The lowest BCUT2D eigenvalue weighted by Gasteiger charge is -1.99. The number of benzene rings is 1. The Hall–Kier alpha value is -1.91. The Kier molecular flexibility index (Phi) is 3.38. The average molecular weight is 214 g/mol. The topological polar surface area (TPSA) is 46.5 Å². The summed E-state index contributed by atoms with van der Waals surface area (Å²) < 4.78 is 30.1. The third kappa shape index (κ3) is 2.77. The van der Waals surface area contributed by atoms with Gasteiger partial charge in [0, 0.05) is 17.7 Å². The molecule has 0 aliphatic carbocycles. The minimum atomic E-state index is -0.957. The van der Waals surface area contributed by atoms with E-state index in [0.29, 0.717) is 6.07 Å². The van der Waals surface area contributed by atoms with E-state index in [1.807, 2.05) is 0 Å². The first-order valence-corrected chi connectivity index (χ1v) is 3.98. The molecule has 5 heteroatoms. The molecule has 0 fully saturated rings. The van der Waals surface area contributed by atoms with Crippen LogP contribution in [-0.2, 0) is 9.53 Å². The molecule has 80 valence electrons. The highest BCUT2D eigenvalue weighted by Crippen LogP contribution is 2.20. The van der Waals surface area contributed by atoms with Gasteiger partial charge in [-0.25, -0.2) is 13.6 Å². The predicted octanol–water partition coefficient (Wildman–Crippen LogP) is 1.86. The molecule has 0 unspecified atom stereocenters. The molecule has 1 aromatic rings. The molecule has 0 heterocycles. The van der Waals surface area contributed by atoms with E-state index in [0.717, 1.165) is 18.2 Å². The first kappa shape index (κ1) is 11.2. The zero-order chi connectivity index (χ0) is 11.4. The molecule has 0 radical (unpaired) electrons. The molecule has 0 spiro atoms. The fourth-order valence-electron chi connectivity index (χ4n) is 0.905. The van der Waals surface area contributed by atoms with Crippen LogP contribution in [0.15, 0.2) is 18.2 Å². The third-order valence-corrected chi connectivity index (χ3v) is 1.67. The molecule has 0 bridgehead atoms. The summed E-state index contributed by atoms with van der Waals surface area (Å²) in [4.78, 5) is 10.7. The Balaban J connectivity index is 3.00. The van der Waals surface area contributed by atoms with Gasteiger partial charge >= 0.3 is 5.97 Å². The lowest BCUT2D eigenvalue weighted by molar-refractivity contribution is -0.134. The van der Waals surface area contributed by atoms with Gasteiger partial charge in [-0.1, -0.05) is 0 Å². The highest BCUT2D eigenvalue weighted by atomic mass is 19.1. The van der Waals surface area contributed by atoms with Crippen LogP contribution in [0.1, 0.15) is 5.56 Å². The van der Waals surface area contributed by atoms with Crippen molar-refractivity contribution in [1.29, 1.82) is 0 Å². The molecule has 3 nitrogen and oxygen atoms in total. The lowest BCUT2D eigenvalue weighted by Crippen LogP contribution is -1.94. The van der Waals surface area contributed by atoms with Crippen molar-refractivity contribution >= 4 is 12.0 Å². The van der Waals surface area contributed by atoms with E-state index in [1.54, 1.807) is 0 Å². The second-order valence-corrected chi connectivity index (χ2v) is 2.68. The largest absolute Gasteiger partial charge is 0.505 e. The first-order chi connectivity index (χ1) is 7.04. The molecule has 0 aromatic heterocycles. The Labute approximate surface area is 84.6 Å². The summed E-state index contributed by atoms with van der Waals surface area (Å²) in [6, 6.07) is 1.41. The Morgan fingerprint density at radius 2 is 2.07 bits per heavy atom. The average Bonchev–Trinajstić information content (AvgIpc) is 2.21. The fraction of sp³-hybridized carbons (Fsp3) is 0.100. The van der Waals surface area contributed by atoms with Gasteiger partial charge in [0.2, 0.25) is 0 Å². The number of phenols is 1. The maximum atomic E-state index is 13.1. The van der Waals surface area contributed by atoms with E-state index < -0.39 is 23.4 Å². The maximum Gasteiger partial charge on any atom is 0.330 e. The van der Waals surface area contributed by atoms with Gasteiger partial charge in [-0.3, -0.25) is 0 Å². The van der Waals surface area contributed by atoms with Gasteiger partial charge in [0.1, 0.15) is 5.82 Å². The lowest BCUT2D eigenvalue weighted by atomic mass is 10.2. The van der Waals surface area contributed by atoms with Crippen LogP contribution in [0.3, 0.4) is 0 Å². The van der Waals surface area contributed by atoms with Crippen LogP contribution in [0.2, 0.25) is 0 Å². The van der Waals surface area contributed by atoms with Crippen molar-refractivity contribution in [2.45, 2.75) is 0 Å². The van der Waals surface area contributed by atoms with E-state index in [4.69, 9.17) is 5.11 Å². The summed E-state index contributed by atoms with van der Waals surface area (Å²) in [6.45, 7) is 0. The van der Waals surface area contributed by atoms with Crippen LogP contribution < -0.4 is 0 Å². The van der Waals surface area contributed by atoms with Crippen molar-refractivity contribution in [3.8, 4) is 5.75 Å². The molecule has 1 N–H and O–H groups in total. The van der Waals surface area contributed by atoms with Crippen molar-refractivity contribution in [2.24, 2.45) is 0 Å². The van der Waals surface area contributed by atoms with Crippen LogP contribution in [0.5, 0.6) is 5.75 Å². The van der Waals surface area contributed by atoms with Crippen molar-refractivity contribution in [2.75, 3.05) is 7.11 Å². The molecular formula is C10H8F2O3. The molecule has 0 aliphatic rings. The van der Waals surface area contributed by atoms with E-state index in [-0.39, 0.29) is 5.56 Å². The number of hydrogen-bond donors (Lipinski definition) is 1. The highest BCUT2D eigenvalue weighted by molar-refractivity contribution is 5.86. The van der Waals surface area contributed by atoms with Gasteiger partial charge in [-0.15, -0.1) is 0 Å². The van der Waals surface area contributed by atoms with Gasteiger partial charge in [0.25, 0.3) is 0 Å². The number of hydrogen-bond acceptors (Lipinski definition) is 3. The molecule has 1 aromatic carbocycles. The molecular weight excluding hydrogens is 206 g/mol. The number of methoxy groups -OCH3 is 1. The summed E-state index contributed by atoms with van der Waals surface area (Å²) in [7, 11) is 1.17. The number of rotatable bonds is 2. The second kappa shape index (κ2) is 4.54. The molecule has 0 saturated heterocycles. The molecule has 15 heavy (non-hydrogen) atoms. The predicted molar refractivity (Wildman–Crippen MR) is 49.1 cm³/mol. The Morgan fingerprint density at radius 3 is 2.67 bits per heavy atom. The Morgan fingerprint density at radius 1 is 1.40 bits per heavy atom. The van der Waals surface area contributed by atoms with Crippen molar-refractivity contribution in [3.63, 3.8) is 0 Å². The number of carbonyl (C=O) groups is 1. The monoisotopic (exact) mass is 214 g/mol. The molecule has 0 atom stereocenters. The standard InChI is InChI=1S/C10H8F2O3/c1-15-10(14)3-2-6-4-8(12)9(13)5-7(6)11/h2-5,13H,1H3. The normalized spacial score (nSPS) is 10.6. The van der Waals surface area contributed by atoms with E-state index >= 15 is 0 Å². The summed E-state index contributed by atoms with van der Waals surface area (Å²) >= 11 is 0. The fourth-order valence-corrected chi connectivity index (χ4v) is 0.905. The van der Waals surface area contributed by atoms with Crippen LogP contribution in [0, 0.1) is 11.6 Å². The van der Waals surface area contributed by atoms with Crippen LogP contribution in [-0.4, -0.2) is 18.2 Å². The van der Waals surface area contributed by atoms with E-state index in [9.17, 15) is 13.6 Å². The number of esters is 1. The van der Waals surface area contributed by atoms with Crippen molar-refractivity contribution < 1.29 is 23.4 Å². The first-order valence-electron chi connectivity index (χ1n) is 3.98. The third-order valence-electron chi connectivity index (χ3n) is 1.67. The van der Waals surface area contributed by atoms with Crippen LogP contribution in [0.4, 0.5) is 8.78 Å². The highest BCUT2D eigenvalue weighted by Gasteiger charge is 2.06. The Bertz CT molecular complexity index is 413. The molecule has 0 amide bonds. The minimum absolute atomic E-state index is 0.143. The number of aromatic hydroxyl groups is 1. The van der Waals surface area contributed by atoms with Crippen LogP contribution in [0.25, 0.3) is 6.08 Å². The zero-order valence-electron chi connectivity index (χ0n) is 7.83. The van der Waals surface area contributed by atoms with Gasteiger partial charge in [-0.05, 0) is 12.1 Å². The minimum Gasteiger partial charge on any atom is -0.505 e. The molecule has 0 saturated carbocycles. The van der Waals surface area contributed by atoms with Gasteiger partial charge in [-0.2, -0.15) is 0 Å². The number of ether oxygens (including phenoxy) is 1. The quantitative estimate of drug-likeness (QED) is 0.603. The summed E-state index contributed by atoms with van der Waals surface area (Å²) in [5.74, 6) is -3.24. The summed E-state index contributed by atoms with van der Waals surface area (Å²) in [5.41, 5.74) is -0.143. The number of carbonyl (C=O) groups excluding carboxylic acids is 1. The molecule has 1 rings (SSSR count). The zero-order valence-corrected chi connectivity index (χ0v) is 7.83. The molecule has 0 aliphatic heterocycles. The van der Waals surface area contributed by atoms with Gasteiger partial charge < -0.3 is 9.84 Å². The van der Waals surface area contributed by atoms with Crippen molar-refractivity contribution in [1.82, 2.24) is 0 Å². The maximum absolute atomic E-state index is 13.1. The van der Waals surface area contributed by atoms with Gasteiger partial charge in [0.15, 0.2) is 11.6 Å². The summed E-state index contributed by atoms with van der Waals surface area (Å²) in [6.07, 6.45) is 2.01.